The van der Waals surface area contributed by atoms with E-state index in [0.717, 1.165) is 5.56 Å². The van der Waals surface area contributed by atoms with Gasteiger partial charge in [0, 0.05) is 12.1 Å². The second kappa shape index (κ2) is 11.0. The molecule has 208 valence electrons. The summed E-state index contributed by atoms with van der Waals surface area (Å²) in [6.45, 7) is 4.23. The van der Waals surface area contributed by atoms with Gasteiger partial charge in [-0.05, 0) is 32.4 Å². The zero-order valence-electron chi connectivity index (χ0n) is 21.8. The number of likely N-dealkylation sites (N-methyl/N-ethyl adjacent to an activating group) is 1. The van der Waals surface area contributed by atoms with Gasteiger partial charge in [0.25, 0.3) is 0 Å². The monoisotopic (exact) mass is 531 g/mol. The standard InChI is InChI=1S/C26H37N5O7/c1-4-17-21(33)20(27-3)23-24(22(17)34)37-25-26(35,38-23)18(10-14(2)36-25)28-19(32)11-16-13-31(30-29-16)12-15-8-6-5-7-9-15/h5-9,13-14,17-18,20-25,27,33-35H,4,10-12H2,1-3H3,(H,28,32)/t14-,17-,18-,20+,21+,22+,23?,24?,25?,26+/m1/s1. The van der Waals surface area contributed by atoms with Crippen molar-refractivity contribution in [1.29, 1.82) is 0 Å². The molecular weight excluding hydrogens is 494 g/mol. The lowest BCUT2D eigenvalue weighted by Crippen LogP contribution is -2.77. The van der Waals surface area contributed by atoms with Crippen LogP contribution in [0.15, 0.2) is 36.5 Å². The molecule has 0 spiro atoms. The van der Waals surface area contributed by atoms with Crippen LogP contribution < -0.4 is 10.6 Å². The number of fused-ring (bicyclic) bond motifs is 2. The van der Waals surface area contributed by atoms with E-state index in [9.17, 15) is 20.1 Å². The maximum atomic E-state index is 13.0. The minimum atomic E-state index is -2.03. The number of nitrogens with zero attached hydrogens (tertiary/aromatic N) is 3. The van der Waals surface area contributed by atoms with Crippen LogP contribution in [0.3, 0.4) is 0 Å². The Bertz CT molecular complexity index is 1100. The Kier molecular flexibility index (Phi) is 7.83. The van der Waals surface area contributed by atoms with Crippen molar-refractivity contribution in [3.05, 3.63) is 47.8 Å². The van der Waals surface area contributed by atoms with Crippen LogP contribution in [-0.4, -0.2) is 97.9 Å². The van der Waals surface area contributed by atoms with E-state index in [0.29, 0.717) is 18.7 Å². The van der Waals surface area contributed by atoms with Gasteiger partial charge in [0.05, 0.1) is 49.1 Å². The number of aliphatic hydroxyl groups is 3. The topological polar surface area (TPSA) is 160 Å². The molecular formula is C26H37N5O7. The number of aromatic nitrogens is 3. The molecule has 12 heteroatoms. The molecule has 3 fully saturated rings. The second-order valence-corrected chi connectivity index (χ2v) is 10.5. The van der Waals surface area contributed by atoms with E-state index in [1.807, 2.05) is 44.2 Å². The van der Waals surface area contributed by atoms with Crippen LogP contribution in [0, 0.1) is 5.92 Å². The van der Waals surface area contributed by atoms with Crippen molar-refractivity contribution in [3.8, 4) is 0 Å². The number of hydrogen-bond acceptors (Lipinski definition) is 10. The maximum absolute atomic E-state index is 13.0. The minimum absolute atomic E-state index is 0.0388. The van der Waals surface area contributed by atoms with Crippen LogP contribution in [0.2, 0.25) is 0 Å². The molecule has 1 aromatic heterocycles. The lowest BCUT2D eigenvalue weighted by molar-refractivity contribution is -0.450. The van der Waals surface area contributed by atoms with Crippen LogP contribution in [0.1, 0.15) is 37.9 Å². The quantitative estimate of drug-likeness (QED) is 0.309. The highest BCUT2D eigenvalue weighted by Gasteiger charge is 2.63. The number of rotatable bonds is 7. The second-order valence-electron chi connectivity index (χ2n) is 10.5. The fraction of sp³-hybridized carbons (Fsp3) is 0.654. The van der Waals surface area contributed by atoms with E-state index in [1.54, 1.807) is 17.9 Å². The molecule has 3 unspecified atom stereocenters. The van der Waals surface area contributed by atoms with E-state index < -0.39 is 54.5 Å². The van der Waals surface area contributed by atoms with Gasteiger partial charge >= 0.3 is 0 Å². The van der Waals surface area contributed by atoms with E-state index in [2.05, 4.69) is 20.9 Å². The Hall–Kier alpha value is -2.45. The van der Waals surface area contributed by atoms with Gasteiger partial charge in [-0.15, -0.1) is 5.10 Å². The average Bonchev–Trinajstić information content (AvgIpc) is 3.31. The van der Waals surface area contributed by atoms with E-state index in [4.69, 9.17) is 14.2 Å². The molecule has 0 radical (unpaired) electrons. The van der Waals surface area contributed by atoms with Gasteiger partial charge in [-0.2, -0.15) is 0 Å². The molecule has 5 rings (SSSR count). The fourth-order valence-electron chi connectivity index (χ4n) is 5.92. The number of nitrogens with one attached hydrogen (secondary N) is 2. The van der Waals surface area contributed by atoms with Crippen molar-refractivity contribution < 1.29 is 34.3 Å². The molecule has 5 N–H and O–H groups in total. The van der Waals surface area contributed by atoms with Crippen LogP contribution in [0.5, 0.6) is 0 Å². The predicted octanol–water partition coefficient (Wildman–Crippen LogP) is -0.689. The molecule has 0 bridgehead atoms. The largest absolute Gasteiger partial charge is 0.391 e. The summed E-state index contributed by atoms with van der Waals surface area (Å²) in [7, 11) is 1.68. The Morgan fingerprint density at radius 3 is 2.66 bits per heavy atom. The summed E-state index contributed by atoms with van der Waals surface area (Å²) in [6, 6.07) is 8.34. The van der Waals surface area contributed by atoms with Gasteiger partial charge in [-0.25, -0.2) is 4.68 Å². The first-order chi connectivity index (χ1) is 18.2. The highest BCUT2D eigenvalue weighted by atomic mass is 16.8. The van der Waals surface area contributed by atoms with Crippen molar-refractivity contribution in [2.75, 3.05) is 7.05 Å². The summed E-state index contributed by atoms with van der Waals surface area (Å²) in [4.78, 5) is 13.0. The third-order valence-electron chi connectivity index (χ3n) is 7.88. The predicted molar refractivity (Wildman–Crippen MR) is 133 cm³/mol. The number of benzene rings is 1. The lowest BCUT2D eigenvalue weighted by Gasteiger charge is -2.58. The third kappa shape index (κ3) is 5.09. The zero-order chi connectivity index (χ0) is 27.0. The SMILES string of the molecule is CC[C@@H]1[C@H](O)[C@H](NC)C2O[C@]3(O)C(OC2[C@H]1O)O[C@H](C)C[C@H]3NC(=O)Cc1cn(Cc2ccccc2)nn1. The molecule has 3 aliphatic rings. The smallest absolute Gasteiger partial charge is 0.239 e. The first-order valence-electron chi connectivity index (χ1n) is 13.2. The molecule has 12 nitrogen and oxygen atoms in total. The highest BCUT2D eigenvalue weighted by Crippen LogP contribution is 2.43. The van der Waals surface area contributed by atoms with Crippen molar-refractivity contribution in [1.82, 2.24) is 25.6 Å². The summed E-state index contributed by atoms with van der Waals surface area (Å²) in [5.74, 6) is -2.83. The zero-order valence-corrected chi connectivity index (χ0v) is 21.8. The summed E-state index contributed by atoms with van der Waals surface area (Å²) in [6.07, 6.45) is -2.73. The number of carbonyl (C=O) groups excluding carboxylic acids is 1. The van der Waals surface area contributed by atoms with Crippen molar-refractivity contribution in [3.63, 3.8) is 0 Å². The van der Waals surface area contributed by atoms with Gasteiger partial charge in [-0.3, -0.25) is 4.79 Å². The molecule has 2 saturated heterocycles. The third-order valence-corrected chi connectivity index (χ3v) is 7.88. The normalized spacial score (nSPS) is 38.7. The van der Waals surface area contributed by atoms with Crippen LogP contribution >= 0.6 is 0 Å². The first-order valence-corrected chi connectivity index (χ1v) is 13.2. The molecule has 1 aliphatic carbocycles. The van der Waals surface area contributed by atoms with Gasteiger partial charge in [0.1, 0.15) is 12.2 Å². The Balaban J connectivity index is 1.29. The van der Waals surface area contributed by atoms with Crippen molar-refractivity contribution >= 4 is 5.91 Å². The molecule has 1 aromatic carbocycles. The molecule has 3 heterocycles. The minimum Gasteiger partial charge on any atom is -0.391 e. The highest BCUT2D eigenvalue weighted by molar-refractivity contribution is 5.78. The molecule has 2 aliphatic heterocycles. The molecule has 10 atom stereocenters. The van der Waals surface area contributed by atoms with Crippen LogP contribution in [0.4, 0.5) is 0 Å². The van der Waals surface area contributed by atoms with Crippen LogP contribution in [-0.2, 0) is 32.0 Å². The van der Waals surface area contributed by atoms with E-state index in [1.165, 1.54) is 0 Å². The molecule has 1 saturated carbocycles. The number of aliphatic hydroxyl groups excluding tert-OH is 2. The van der Waals surface area contributed by atoms with Gasteiger partial charge in [0.2, 0.25) is 18.0 Å². The van der Waals surface area contributed by atoms with Crippen LogP contribution in [0.25, 0.3) is 0 Å². The molecule has 2 aromatic rings. The van der Waals surface area contributed by atoms with Gasteiger partial charge < -0.3 is 40.2 Å². The Morgan fingerprint density at radius 2 is 1.95 bits per heavy atom. The number of hydrogen-bond donors (Lipinski definition) is 5. The molecule has 38 heavy (non-hydrogen) atoms. The van der Waals surface area contributed by atoms with Crippen molar-refractivity contribution in [2.45, 2.75) is 94.3 Å². The lowest BCUT2D eigenvalue weighted by atomic mass is 9.74. The summed E-state index contributed by atoms with van der Waals surface area (Å²) in [5, 5.41) is 47.6. The van der Waals surface area contributed by atoms with E-state index in [-0.39, 0.29) is 24.9 Å². The average molecular weight is 532 g/mol. The fourth-order valence-corrected chi connectivity index (χ4v) is 5.92. The summed E-state index contributed by atoms with van der Waals surface area (Å²) < 4.78 is 19.8. The van der Waals surface area contributed by atoms with Crippen molar-refractivity contribution in [2.24, 2.45) is 5.92 Å². The van der Waals surface area contributed by atoms with Gasteiger partial charge in [-0.1, -0.05) is 42.5 Å². The Labute approximate surface area is 221 Å². The first kappa shape index (κ1) is 27.1. The Morgan fingerprint density at radius 1 is 1.18 bits per heavy atom. The number of ether oxygens (including phenoxy) is 3. The van der Waals surface area contributed by atoms with Gasteiger partial charge in [0.15, 0.2) is 0 Å². The molecule has 1 amide bonds. The number of amides is 1. The number of carbonyl (C=O) groups is 1. The maximum Gasteiger partial charge on any atom is 0.239 e. The summed E-state index contributed by atoms with van der Waals surface area (Å²) >= 11 is 0. The van der Waals surface area contributed by atoms with E-state index >= 15 is 0 Å². The summed E-state index contributed by atoms with van der Waals surface area (Å²) in [5.41, 5.74) is 1.55.